The zero-order valence-electron chi connectivity index (χ0n) is 62.6. The molecule has 2 aromatic carbocycles. The number of benzene rings is 2. The molecule has 109 heavy (non-hydrogen) atoms. The Balaban J connectivity index is 0.000000206. The van der Waals surface area contributed by atoms with Gasteiger partial charge in [0.25, 0.3) is 0 Å². The topological polar surface area (TPSA) is 272 Å². The predicted octanol–water partition coefficient (Wildman–Crippen LogP) is 15.3. The molecule has 5 amide bonds. The number of likely N-dealkylation sites (tertiary alicyclic amines) is 1. The fourth-order valence-corrected chi connectivity index (χ4v) is 15.2. The van der Waals surface area contributed by atoms with Gasteiger partial charge in [-0.2, -0.15) is 0 Å². The quantitative estimate of drug-likeness (QED) is 0.0598. The number of aromatic nitrogens is 8. The molecule has 3 N–H and O–H groups in total. The Bertz CT molecular complexity index is 5140. The minimum atomic E-state index is -0.702. The Kier molecular flexibility index (Phi) is 23.9. The van der Waals surface area contributed by atoms with E-state index < -0.39 is 23.4 Å². The van der Waals surface area contributed by atoms with Crippen molar-refractivity contribution in [2.75, 3.05) is 40.4 Å². The lowest BCUT2D eigenvalue weighted by Gasteiger charge is -2.31. The SMILES string of the molecule is COc1nc(-c2cccc(-c3ccnc(-c4cnc5c(C=O)cn(C)c5c4)c3Cl)c2Cl)ccc1CN(C[C@@H]1CCC(=O)N1)C(=O)OC(C)(C)C.COc1nc(-c2cccc(-c3ccnc(-c4cnc5c(CN6CCC(NC(C)=O)CC6)cn(C)c5c4)c3Cl)c2Cl)ccc1CN(C[C@@H]1CCC(=O)N1)C(=O)OC(C)(C)C. The van der Waals surface area contributed by atoms with E-state index in [1.165, 1.54) is 14.2 Å². The summed E-state index contributed by atoms with van der Waals surface area (Å²) in [6, 6.07) is 26.1. The predicted molar refractivity (Wildman–Crippen MR) is 421 cm³/mol. The molecule has 10 aromatic rings. The molecule has 0 aliphatic carbocycles. The second-order valence-corrected chi connectivity index (χ2v) is 31.0. The molecule has 568 valence electrons. The molecule has 0 radical (unpaired) electrons. The molecule has 3 aliphatic heterocycles. The van der Waals surface area contributed by atoms with Crippen LogP contribution in [0.4, 0.5) is 9.59 Å². The first-order valence-corrected chi connectivity index (χ1v) is 37.4. The molecule has 0 saturated carbocycles. The first-order chi connectivity index (χ1) is 52.0. The van der Waals surface area contributed by atoms with Gasteiger partial charge in [0.15, 0.2) is 6.29 Å². The van der Waals surface area contributed by atoms with E-state index in [2.05, 4.69) is 52.6 Å². The Morgan fingerprint density at radius 2 is 1.02 bits per heavy atom. The van der Waals surface area contributed by atoms with Crippen molar-refractivity contribution in [1.82, 2.24) is 69.7 Å². The van der Waals surface area contributed by atoms with Gasteiger partial charge in [-0.3, -0.25) is 44.0 Å². The summed E-state index contributed by atoms with van der Waals surface area (Å²) < 4.78 is 26.8. The highest BCUT2D eigenvalue weighted by atomic mass is 35.5. The van der Waals surface area contributed by atoms with Crippen molar-refractivity contribution >= 4 is 105 Å². The minimum Gasteiger partial charge on any atom is -0.481 e. The number of rotatable bonds is 20. The number of hydrogen-bond acceptors (Lipinski definition) is 17. The van der Waals surface area contributed by atoms with Crippen LogP contribution in [-0.4, -0.2) is 160 Å². The number of methoxy groups -OCH3 is 2. The molecular weight excluding hydrogens is 1470 g/mol. The normalized spacial score (nSPS) is 15.4. The number of fused-ring (bicyclic) bond motifs is 2. The summed E-state index contributed by atoms with van der Waals surface area (Å²) >= 11 is 28.5. The van der Waals surface area contributed by atoms with E-state index in [0.29, 0.717) is 141 Å². The smallest absolute Gasteiger partial charge is 0.410 e. The van der Waals surface area contributed by atoms with Crippen LogP contribution in [-0.2, 0) is 57.6 Å². The first-order valence-electron chi connectivity index (χ1n) is 35.9. The van der Waals surface area contributed by atoms with Crippen molar-refractivity contribution < 1.29 is 47.7 Å². The number of nitrogens with zero attached hydrogens (tertiary/aromatic N) is 11. The van der Waals surface area contributed by atoms with E-state index in [9.17, 15) is 28.8 Å². The monoisotopic (exact) mass is 1550 g/mol. The summed E-state index contributed by atoms with van der Waals surface area (Å²) in [4.78, 5) is 107. The van der Waals surface area contributed by atoms with Crippen molar-refractivity contribution in [2.24, 2.45) is 14.1 Å². The van der Waals surface area contributed by atoms with Gasteiger partial charge in [0.1, 0.15) is 11.2 Å². The molecule has 0 unspecified atom stereocenters. The molecule has 28 heteroatoms. The number of aryl methyl sites for hydroxylation is 2. The van der Waals surface area contributed by atoms with Crippen molar-refractivity contribution in [3.05, 3.63) is 164 Å². The van der Waals surface area contributed by atoms with Gasteiger partial charge in [0, 0.05) is 183 Å². The van der Waals surface area contributed by atoms with E-state index >= 15 is 0 Å². The number of pyridine rings is 6. The molecule has 0 bridgehead atoms. The molecule has 3 saturated heterocycles. The van der Waals surface area contributed by atoms with Crippen LogP contribution in [0.1, 0.15) is 114 Å². The fourth-order valence-electron chi connectivity index (χ4n) is 13.9. The lowest BCUT2D eigenvalue weighted by Crippen LogP contribution is -2.43. The summed E-state index contributed by atoms with van der Waals surface area (Å²) in [5, 5.41) is 10.6. The van der Waals surface area contributed by atoms with Crippen LogP contribution in [0.3, 0.4) is 0 Å². The van der Waals surface area contributed by atoms with Gasteiger partial charge in [-0.25, -0.2) is 19.6 Å². The lowest BCUT2D eigenvalue weighted by atomic mass is 9.99. The van der Waals surface area contributed by atoms with Crippen molar-refractivity contribution in [3.8, 4) is 79.0 Å². The molecule has 24 nitrogen and oxygen atoms in total. The van der Waals surface area contributed by atoms with Crippen LogP contribution in [0, 0.1) is 0 Å². The van der Waals surface area contributed by atoms with Gasteiger partial charge in [-0.1, -0.05) is 82.8 Å². The van der Waals surface area contributed by atoms with Gasteiger partial charge < -0.3 is 53.8 Å². The number of amides is 5. The Hall–Kier alpha value is -10.2. The van der Waals surface area contributed by atoms with Gasteiger partial charge in [-0.15, -0.1) is 0 Å². The minimum absolute atomic E-state index is 0.0197. The van der Waals surface area contributed by atoms with E-state index in [0.717, 1.165) is 66.4 Å². The summed E-state index contributed by atoms with van der Waals surface area (Å²) in [6.45, 7) is 15.9. The van der Waals surface area contributed by atoms with Crippen molar-refractivity contribution in [1.29, 1.82) is 0 Å². The Labute approximate surface area is 652 Å². The van der Waals surface area contributed by atoms with Crippen molar-refractivity contribution in [3.63, 3.8) is 0 Å². The van der Waals surface area contributed by atoms with Crippen molar-refractivity contribution in [2.45, 2.75) is 136 Å². The molecule has 2 atom stereocenters. The maximum absolute atomic E-state index is 13.3. The standard InChI is InChI=1S/C44H50Cl2N8O5.C37H36Cl2N6O5/c1-26(55)49-30-15-18-53(19-16-30)23-29-22-52(5)36-20-28(21-48-40(29)36)41-39(46)33(14-17-47-41)32-8-7-9-34(38(32)45)35-12-10-27(42(51-35)58-6)24-54(43(57)59-44(2,3)4)25-31-11-13-37(56)50-31;1-37(2,3)50-36(48)45(19-24-10-12-30(47)42-24)18-21-9-11-28(43-35(21)49-5)27-8-6-7-25(31(27)38)26-13-14-40-34(32(26)39)22-15-29-33(41-16-22)23(20-46)17-44(29)4/h7-10,12,14,17,20-22,30-31H,11,13,15-16,18-19,23-25H2,1-6H3,(H,49,55)(H,50,56);6-9,11,13-17,20,24H,10,12,18-19H2,1-5H3,(H,42,47)/t31-;24-/m00/s1. The third kappa shape index (κ3) is 18.2. The number of carbonyl (C=O) groups is 6. The summed E-state index contributed by atoms with van der Waals surface area (Å²) in [7, 11) is 6.91. The zero-order valence-corrected chi connectivity index (χ0v) is 65.6. The number of ether oxygens (including phenoxy) is 4. The van der Waals surface area contributed by atoms with Gasteiger partial charge in [0.05, 0.1) is 97.8 Å². The fraction of sp³-hybridized carbons (Fsp3) is 0.358. The van der Waals surface area contributed by atoms with E-state index in [1.54, 1.807) is 68.3 Å². The highest BCUT2D eigenvalue weighted by molar-refractivity contribution is 6.40. The third-order valence-electron chi connectivity index (χ3n) is 19.1. The third-order valence-corrected chi connectivity index (χ3v) is 20.6. The molecule has 0 spiro atoms. The molecule has 11 heterocycles. The highest BCUT2D eigenvalue weighted by Crippen LogP contribution is 2.45. The highest BCUT2D eigenvalue weighted by Gasteiger charge is 2.33. The van der Waals surface area contributed by atoms with Crippen LogP contribution in [0.2, 0.25) is 20.1 Å². The molecule has 8 aromatic heterocycles. The van der Waals surface area contributed by atoms with E-state index in [1.807, 2.05) is 118 Å². The number of hydrogen-bond donors (Lipinski definition) is 3. The second kappa shape index (κ2) is 33.3. The number of carbonyl (C=O) groups excluding carboxylic acids is 6. The molecule has 3 aliphatic rings. The maximum Gasteiger partial charge on any atom is 0.410 e. The van der Waals surface area contributed by atoms with Gasteiger partial charge in [-0.05, 0) is 116 Å². The zero-order chi connectivity index (χ0) is 77.8. The number of nitrogens with one attached hydrogen (secondary N) is 3. The summed E-state index contributed by atoms with van der Waals surface area (Å²) in [5.41, 5.74) is 12.6. The Morgan fingerprint density at radius 3 is 1.45 bits per heavy atom. The second-order valence-electron chi connectivity index (χ2n) is 29.4. The van der Waals surface area contributed by atoms with Crippen LogP contribution >= 0.6 is 46.4 Å². The van der Waals surface area contributed by atoms with Gasteiger partial charge >= 0.3 is 12.2 Å². The van der Waals surface area contributed by atoms with Gasteiger partial charge in [0.2, 0.25) is 29.5 Å². The average molecular weight is 1560 g/mol. The number of halogens is 4. The largest absolute Gasteiger partial charge is 0.481 e. The summed E-state index contributed by atoms with van der Waals surface area (Å²) in [5.74, 6) is 0.599. The number of aldehydes is 1. The maximum atomic E-state index is 13.3. The summed E-state index contributed by atoms with van der Waals surface area (Å²) in [6.07, 6.45) is 14.4. The number of piperidine rings is 1. The average Bonchev–Trinajstić information content (AvgIpc) is 1.73. The van der Waals surface area contributed by atoms with Crippen LogP contribution in [0.15, 0.2) is 122 Å². The first kappa shape index (κ1) is 78.3. The lowest BCUT2D eigenvalue weighted by molar-refractivity contribution is -0.120. The van der Waals surface area contributed by atoms with Crippen LogP contribution in [0.5, 0.6) is 11.8 Å². The molecular formula is C81H86Cl4N14O10. The van der Waals surface area contributed by atoms with Crippen LogP contribution in [0.25, 0.3) is 89.4 Å². The molecule has 3 fully saturated rings. The van der Waals surface area contributed by atoms with E-state index in [-0.39, 0.29) is 62.0 Å². The van der Waals surface area contributed by atoms with E-state index in [4.69, 9.17) is 80.3 Å². The Morgan fingerprint density at radius 1 is 0.578 bits per heavy atom. The van der Waals surface area contributed by atoms with Crippen LogP contribution < -0.4 is 25.4 Å². The molecule has 13 rings (SSSR count).